The van der Waals surface area contributed by atoms with Crippen molar-refractivity contribution < 1.29 is 4.74 Å². The lowest BCUT2D eigenvalue weighted by molar-refractivity contribution is 0.00521. The molecule has 2 atom stereocenters. The molecule has 2 heterocycles. The van der Waals surface area contributed by atoms with Crippen LogP contribution in [-0.4, -0.2) is 30.3 Å². The summed E-state index contributed by atoms with van der Waals surface area (Å²) >= 11 is 3.44. The fourth-order valence-electron chi connectivity index (χ4n) is 2.68. The van der Waals surface area contributed by atoms with E-state index < -0.39 is 0 Å². The van der Waals surface area contributed by atoms with E-state index in [1.807, 2.05) is 6.20 Å². The molecule has 0 aromatic carbocycles. The Bertz CT molecular complexity index is 377. The summed E-state index contributed by atoms with van der Waals surface area (Å²) in [4.78, 5) is 4.49. The molecule has 0 saturated carbocycles. The molecular formula is C16H25BrN2O. The van der Waals surface area contributed by atoms with Crippen LogP contribution in [0.1, 0.15) is 44.7 Å². The van der Waals surface area contributed by atoms with Gasteiger partial charge in [0.05, 0.1) is 6.10 Å². The third kappa shape index (κ3) is 5.51. The number of ether oxygens (including phenoxy) is 1. The van der Waals surface area contributed by atoms with Gasteiger partial charge in [-0.05, 0) is 66.7 Å². The van der Waals surface area contributed by atoms with Crippen molar-refractivity contribution in [1.82, 2.24) is 10.3 Å². The second-order valence-corrected chi connectivity index (χ2v) is 6.46. The van der Waals surface area contributed by atoms with Gasteiger partial charge < -0.3 is 10.1 Å². The molecule has 0 bridgehead atoms. The Kier molecular flexibility index (Phi) is 6.97. The summed E-state index contributed by atoms with van der Waals surface area (Å²) in [6, 6.07) is 4.63. The number of pyridine rings is 1. The van der Waals surface area contributed by atoms with Crippen molar-refractivity contribution >= 4 is 15.9 Å². The first-order chi connectivity index (χ1) is 9.78. The fraction of sp³-hybridized carbons (Fsp3) is 0.688. The van der Waals surface area contributed by atoms with Gasteiger partial charge >= 0.3 is 0 Å². The highest BCUT2D eigenvalue weighted by atomic mass is 79.9. The van der Waals surface area contributed by atoms with Gasteiger partial charge in [0.25, 0.3) is 0 Å². The molecule has 0 spiro atoms. The van der Waals surface area contributed by atoms with Gasteiger partial charge in [-0.15, -0.1) is 0 Å². The van der Waals surface area contributed by atoms with E-state index >= 15 is 0 Å². The SMILES string of the molecule is CCCNC(Cc1ccc(Br)cn1)CC1CCCCO1. The summed E-state index contributed by atoms with van der Waals surface area (Å²) < 4.78 is 6.91. The molecule has 0 aliphatic carbocycles. The molecule has 1 fully saturated rings. The lowest BCUT2D eigenvalue weighted by atomic mass is 9.98. The molecule has 112 valence electrons. The van der Waals surface area contributed by atoms with E-state index in [1.54, 1.807) is 0 Å². The molecule has 2 unspecified atom stereocenters. The Labute approximate surface area is 130 Å². The van der Waals surface area contributed by atoms with E-state index in [0.717, 1.165) is 42.6 Å². The molecule has 20 heavy (non-hydrogen) atoms. The van der Waals surface area contributed by atoms with Gasteiger partial charge in [0.15, 0.2) is 0 Å². The zero-order valence-electron chi connectivity index (χ0n) is 12.3. The van der Waals surface area contributed by atoms with Crippen LogP contribution < -0.4 is 5.32 Å². The normalized spacial score (nSPS) is 20.8. The summed E-state index contributed by atoms with van der Waals surface area (Å²) in [7, 11) is 0. The van der Waals surface area contributed by atoms with Crippen molar-refractivity contribution in [2.45, 2.75) is 57.6 Å². The molecule has 1 aromatic heterocycles. The number of aromatic nitrogens is 1. The number of nitrogens with zero attached hydrogens (tertiary/aromatic N) is 1. The zero-order valence-corrected chi connectivity index (χ0v) is 13.9. The Morgan fingerprint density at radius 3 is 3.00 bits per heavy atom. The number of hydrogen-bond acceptors (Lipinski definition) is 3. The van der Waals surface area contributed by atoms with Crippen LogP contribution >= 0.6 is 15.9 Å². The van der Waals surface area contributed by atoms with Crippen molar-refractivity contribution in [3.8, 4) is 0 Å². The van der Waals surface area contributed by atoms with E-state index in [1.165, 1.54) is 19.3 Å². The molecule has 1 saturated heterocycles. The topological polar surface area (TPSA) is 34.2 Å². The Hall–Kier alpha value is -0.450. The third-order valence-corrected chi connectivity index (χ3v) is 4.22. The van der Waals surface area contributed by atoms with Crippen LogP contribution in [0, 0.1) is 0 Å². The molecule has 0 amide bonds. The predicted molar refractivity (Wildman–Crippen MR) is 85.9 cm³/mol. The van der Waals surface area contributed by atoms with Gasteiger partial charge in [-0.25, -0.2) is 0 Å². The Morgan fingerprint density at radius 2 is 2.35 bits per heavy atom. The molecule has 1 aliphatic heterocycles. The summed E-state index contributed by atoms with van der Waals surface area (Å²) in [5.74, 6) is 0. The monoisotopic (exact) mass is 340 g/mol. The quantitative estimate of drug-likeness (QED) is 0.821. The predicted octanol–water partition coefficient (Wildman–Crippen LogP) is 3.71. The standard InChI is InChI=1S/C16H25BrN2O/c1-2-8-18-15(11-16-5-3-4-9-20-16)10-14-7-6-13(17)12-19-14/h6-7,12,15-16,18H,2-5,8-11H2,1H3. The van der Waals surface area contributed by atoms with Crippen LogP contribution in [0.4, 0.5) is 0 Å². The molecule has 2 rings (SSSR count). The highest BCUT2D eigenvalue weighted by Crippen LogP contribution is 2.19. The van der Waals surface area contributed by atoms with Gasteiger partial charge in [0.1, 0.15) is 0 Å². The van der Waals surface area contributed by atoms with Crippen LogP contribution in [0.5, 0.6) is 0 Å². The van der Waals surface area contributed by atoms with Crippen molar-refractivity contribution in [1.29, 1.82) is 0 Å². The van der Waals surface area contributed by atoms with Crippen LogP contribution in [0.3, 0.4) is 0 Å². The minimum Gasteiger partial charge on any atom is -0.378 e. The maximum absolute atomic E-state index is 5.88. The molecule has 1 N–H and O–H groups in total. The number of nitrogens with one attached hydrogen (secondary N) is 1. The van der Waals surface area contributed by atoms with E-state index in [2.05, 4.69) is 45.3 Å². The molecule has 1 aliphatic rings. The molecule has 4 heteroatoms. The van der Waals surface area contributed by atoms with Crippen LogP contribution in [0.25, 0.3) is 0 Å². The maximum atomic E-state index is 5.88. The third-order valence-electron chi connectivity index (χ3n) is 3.75. The summed E-state index contributed by atoms with van der Waals surface area (Å²) in [6.45, 7) is 4.20. The van der Waals surface area contributed by atoms with Gasteiger partial charge in [-0.3, -0.25) is 4.98 Å². The van der Waals surface area contributed by atoms with E-state index in [0.29, 0.717) is 12.1 Å². The average Bonchev–Trinajstić information content (AvgIpc) is 2.48. The van der Waals surface area contributed by atoms with E-state index in [4.69, 9.17) is 4.74 Å². The smallest absolute Gasteiger partial charge is 0.0590 e. The van der Waals surface area contributed by atoms with Gasteiger partial charge in [-0.1, -0.05) is 6.92 Å². The summed E-state index contributed by atoms with van der Waals surface area (Å²) in [6.07, 6.45) is 9.27. The minimum atomic E-state index is 0.425. The van der Waals surface area contributed by atoms with Gasteiger partial charge in [0.2, 0.25) is 0 Å². The fourth-order valence-corrected chi connectivity index (χ4v) is 2.91. The average molecular weight is 341 g/mol. The largest absolute Gasteiger partial charge is 0.378 e. The van der Waals surface area contributed by atoms with Crippen molar-refractivity contribution in [3.05, 3.63) is 28.5 Å². The van der Waals surface area contributed by atoms with Crippen molar-refractivity contribution in [2.75, 3.05) is 13.2 Å². The van der Waals surface area contributed by atoms with Gasteiger partial charge in [-0.2, -0.15) is 0 Å². The number of halogens is 1. The lowest BCUT2D eigenvalue weighted by Crippen LogP contribution is -2.37. The first-order valence-corrected chi connectivity index (χ1v) is 8.52. The first-order valence-electron chi connectivity index (χ1n) is 7.73. The molecule has 1 aromatic rings. The highest BCUT2D eigenvalue weighted by molar-refractivity contribution is 9.10. The second kappa shape index (κ2) is 8.75. The lowest BCUT2D eigenvalue weighted by Gasteiger charge is -2.27. The first kappa shape index (κ1) is 15.9. The van der Waals surface area contributed by atoms with Gasteiger partial charge in [0, 0.05) is 35.4 Å². The van der Waals surface area contributed by atoms with Crippen LogP contribution in [0.2, 0.25) is 0 Å². The van der Waals surface area contributed by atoms with E-state index in [-0.39, 0.29) is 0 Å². The second-order valence-electron chi connectivity index (χ2n) is 5.55. The van der Waals surface area contributed by atoms with Crippen molar-refractivity contribution in [2.24, 2.45) is 0 Å². The minimum absolute atomic E-state index is 0.425. The Balaban J connectivity index is 1.89. The Morgan fingerprint density at radius 1 is 1.45 bits per heavy atom. The maximum Gasteiger partial charge on any atom is 0.0590 e. The summed E-state index contributed by atoms with van der Waals surface area (Å²) in [5.41, 5.74) is 1.15. The molecular weight excluding hydrogens is 316 g/mol. The highest BCUT2D eigenvalue weighted by Gasteiger charge is 2.19. The van der Waals surface area contributed by atoms with Crippen molar-refractivity contribution in [3.63, 3.8) is 0 Å². The number of hydrogen-bond donors (Lipinski definition) is 1. The zero-order chi connectivity index (χ0) is 14.2. The summed E-state index contributed by atoms with van der Waals surface area (Å²) in [5, 5.41) is 3.65. The molecule has 0 radical (unpaired) electrons. The molecule has 3 nitrogen and oxygen atoms in total. The van der Waals surface area contributed by atoms with Crippen LogP contribution in [-0.2, 0) is 11.2 Å². The van der Waals surface area contributed by atoms with Crippen LogP contribution in [0.15, 0.2) is 22.8 Å². The van der Waals surface area contributed by atoms with E-state index in [9.17, 15) is 0 Å². The number of rotatable bonds is 7.